The zero-order valence-corrected chi connectivity index (χ0v) is 8.78. The fourth-order valence-electron chi connectivity index (χ4n) is 0.0915. The quantitative estimate of drug-likeness (QED) is 0.552. The minimum absolute atomic E-state index is 0. The first-order chi connectivity index (χ1) is 3.89. The summed E-state index contributed by atoms with van der Waals surface area (Å²) in [6.45, 7) is 2.27. The third-order valence-electron chi connectivity index (χ3n) is 1.07. The van der Waals surface area contributed by atoms with Gasteiger partial charge in [-0.05, 0) is 13.8 Å². The smallest absolute Gasteiger partial charge is 0.320 e. The fourth-order valence-corrected chi connectivity index (χ4v) is 0.0915. The molecule has 0 aliphatic heterocycles. The maximum atomic E-state index is 10.1. The number of hydrogen-bond donors (Lipinski definition) is 2. The zero-order valence-electron chi connectivity index (χ0n) is 5.81. The summed E-state index contributed by atoms with van der Waals surface area (Å²) in [5.41, 5.74) is -1.67. The van der Waals surface area contributed by atoms with Crippen LogP contribution in [-0.4, -0.2) is 22.2 Å². The Labute approximate surface area is 95.4 Å². The number of carboxylic acids is 2. The van der Waals surface area contributed by atoms with Crippen molar-refractivity contribution in [3.05, 3.63) is 0 Å². The second kappa shape index (κ2) is 5.99. The van der Waals surface area contributed by atoms with Gasteiger partial charge in [0.15, 0.2) is 5.41 Å². The Morgan fingerprint density at radius 1 is 1.00 bits per heavy atom. The topological polar surface area (TPSA) is 74.6 Å². The Hall–Kier alpha value is 0.421. The van der Waals surface area contributed by atoms with Crippen molar-refractivity contribution in [1.29, 1.82) is 0 Å². The molecule has 0 aliphatic rings. The number of carbonyl (C=O) groups is 2. The molecule has 0 rings (SSSR count). The van der Waals surface area contributed by atoms with Crippen molar-refractivity contribution >= 4 is 11.9 Å². The normalized spacial score (nSPS) is 8.91. The molecular formula is C5H8Ag2O4. The second-order valence-corrected chi connectivity index (χ2v) is 2.24. The Morgan fingerprint density at radius 2 is 1.18 bits per heavy atom. The van der Waals surface area contributed by atoms with Crippen molar-refractivity contribution in [3.8, 4) is 0 Å². The first-order valence-corrected chi connectivity index (χ1v) is 2.36. The summed E-state index contributed by atoms with van der Waals surface area (Å²) in [7, 11) is 0. The van der Waals surface area contributed by atoms with E-state index in [1.807, 2.05) is 0 Å². The van der Waals surface area contributed by atoms with Crippen LogP contribution in [0.3, 0.4) is 0 Å². The summed E-state index contributed by atoms with van der Waals surface area (Å²) >= 11 is 0. The largest absolute Gasteiger partial charge is 0.480 e. The van der Waals surface area contributed by atoms with Gasteiger partial charge < -0.3 is 10.2 Å². The molecule has 0 amide bonds. The predicted molar refractivity (Wildman–Crippen MR) is 29.1 cm³/mol. The predicted octanol–water partition coefficient (Wildman–Crippen LogP) is 0.177. The summed E-state index contributed by atoms with van der Waals surface area (Å²) in [4.78, 5) is 20.2. The van der Waals surface area contributed by atoms with Crippen LogP contribution in [0.5, 0.6) is 0 Å². The number of rotatable bonds is 2. The minimum atomic E-state index is -1.67. The van der Waals surface area contributed by atoms with Gasteiger partial charge in [-0.3, -0.25) is 9.59 Å². The molecule has 0 aromatic heterocycles. The molecule has 2 N–H and O–H groups in total. The maximum absolute atomic E-state index is 10.1. The Kier molecular flexibility index (Phi) is 9.53. The summed E-state index contributed by atoms with van der Waals surface area (Å²) in [5.74, 6) is -2.65. The molecule has 0 bridgehead atoms. The van der Waals surface area contributed by atoms with Crippen molar-refractivity contribution in [3.63, 3.8) is 0 Å². The average Bonchev–Trinajstić information content (AvgIpc) is 1.65. The Morgan fingerprint density at radius 3 is 1.18 bits per heavy atom. The molecule has 6 heteroatoms. The summed E-state index contributed by atoms with van der Waals surface area (Å²) in [6, 6.07) is 0. The molecule has 0 fully saturated rings. The van der Waals surface area contributed by atoms with E-state index in [1.54, 1.807) is 0 Å². The van der Waals surface area contributed by atoms with Gasteiger partial charge >= 0.3 is 11.9 Å². The van der Waals surface area contributed by atoms with Crippen molar-refractivity contribution in [2.75, 3.05) is 0 Å². The van der Waals surface area contributed by atoms with Crippen LogP contribution < -0.4 is 0 Å². The van der Waals surface area contributed by atoms with E-state index in [0.717, 1.165) is 13.8 Å². The van der Waals surface area contributed by atoms with E-state index < -0.39 is 17.4 Å². The monoisotopic (exact) mass is 346 g/mol. The van der Waals surface area contributed by atoms with E-state index in [9.17, 15) is 9.59 Å². The molecule has 11 heavy (non-hydrogen) atoms. The van der Waals surface area contributed by atoms with Gasteiger partial charge in [0.05, 0.1) is 0 Å². The number of hydrogen-bond acceptors (Lipinski definition) is 2. The van der Waals surface area contributed by atoms with Gasteiger partial charge in [0.1, 0.15) is 0 Å². The minimum Gasteiger partial charge on any atom is -0.480 e. The van der Waals surface area contributed by atoms with Gasteiger partial charge in [0.25, 0.3) is 0 Å². The van der Waals surface area contributed by atoms with Gasteiger partial charge in [-0.25, -0.2) is 0 Å². The van der Waals surface area contributed by atoms with E-state index in [1.165, 1.54) is 0 Å². The van der Waals surface area contributed by atoms with E-state index in [4.69, 9.17) is 10.2 Å². The van der Waals surface area contributed by atoms with Crippen molar-refractivity contribution in [2.24, 2.45) is 5.41 Å². The average molecular weight is 348 g/mol. The molecule has 0 atom stereocenters. The van der Waals surface area contributed by atoms with Crippen molar-refractivity contribution in [1.82, 2.24) is 0 Å². The van der Waals surface area contributed by atoms with Crippen LogP contribution in [0, 0.1) is 5.41 Å². The van der Waals surface area contributed by atoms with Gasteiger partial charge in [-0.15, -0.1) is 0 Å². The van der Waals surface area contributed by atoms with Crippen molar-refractivity contribution < 1.29 is 64.6 Å². The van der Waals surface area contributed by atoms with Gasteiger partial charge in [0.2, 0.25) is 0 Å². The van der Waals surface area contributed by atoms with Gasteiger partial charge in [-0.1, -0.05) is 0 Å². The second-order valence-electron chi connectivity index (χ2n) is 2.24. The molecule has 0 unspecified atom stereocenters. The zero-order chi connectivity index (χ0) is 7.65. The molecule has 0 aliphatic carbocycles. The van der Waals surface area contributed by atoms with Gasteiger partial charge in [0, 0.05) is 44.8 Å². The molecule has 0 spiro atoms. The number of carboxylic acid groups (broad SMARTS) is 2. The van der Waals surface area contributed by atoms with E-state index in [-0.39, 0.29) is 44.8 Å². The first kappa shape index (κ1) is 17.5. The molecule has 0 aromatic carbocycles. The molecule has 0 saturated heterocycles. The summed E-state index contributed by atoms with van der Waals surface area (Å²) in [6.07, 6.45) is 0. The van der Waals surface area contributed by atoms with Crippen LogP contribution in [0.1, 0.15) is 13.8 Å². The molecule has 0 aromatic rings. The third-order valence-corrected chi connectivity index (χ3v) is 1.07. The van der Waals surface area contributed by atoms with Crippen LogP contribution in [0.2, 0.25) is 0 Å². The Balaban J connectivity index is -0.000000320. The van der Waals surface area contributed by atoms with Crippen LogP contribution in [0.4, 0.5) is 0 Å². The molecule has 4 nitrogen and oxygen atoms in total. The van der Waals surface area contributed by atoms with E-state index in [0.29, 0.717) is 0 Å². The molecule has 0 heterocycles. The van der Waals surface area contributed by atoms with Crippen LogP contribution in [0.25, 0.3) is 0 Å². The Bertz CT molecular complexity index is 139. The summed E-state index contributed by atoms with van der Waals surface area (Å²) < 4.78 is 0. The van der Waals surface area contributed by atoms with Crippen molar-refractivity contribution in [2.45, 2.75) is 13.8 Å². The first-order valence-electron chi connectivity index (χ1n) is 2.36. The van der Waals surface area contributed by atoms with Gasteiger partial charge in [-0.2, -0.15) is 0 Å². The van der Waals surface area contributed by atoms with E-state index >= 15 is 0 Å². The standard InChI is InChI=1S/C5H8O4.2Ag/c1-5(2,3(6)7)4(8)9;;/h1-2H3,(H,6,7)(H,8,9);;. The van der Waals surface area contributed by atoms with Crippen LogP contribution in [0.15, 0.2) is 0 Å². The molecule has 2 radical (unpaired) electrons. The summed E-state index contributed by atoms with van der Waals surface area (Å²) in [5, 5.41) is 16.5. The molecule has 74 valence electrons. The molecular weight excluding hydrogens is 340 g/mol. The fraction of sp³-hybridized carbons (Fsp3) is 0.600. The maximum Gasteiger partial charge on any atom is 0.320 e. The van der Waals surface area contributed by atoms with Crippen LogP contribution >= 0.6 is 0 Å². The van der Waals surface area contributed by atoms with E-state index in [2.05, 4.69) is 0 Å². The SMILES string of the molecule is CC(C)(C(=O)O)C(=O)O.[Ag].[Ag]. The molecule has 0 saturated carbocycles. The third kappa shape index (κ3) is 4.79. The van der Waals surface area contributed by atoms with Crippen LogP contribution in [-0.2, 0) is 54.3 Å². The number of aliphatic carboxylic acids is 2.